The van der Waals surface area contributed by atoms with Gasteiger partial charge < -0.3 is 27.9 Å². The molecule has 0 N–H and O–H groups in total. The fourth-order valence-corrected chi connectivity index (χ4v) is 9.18. The van der Waals surface area contributed by atoms with E-state index >= 15 is 0 Å². The van der Waals surface area contributed by atoms with Crippen LogP contribution in [0.5, 0.6) is 0 Å². The van der Waals surface area contributed by atoms with Crippen molar-refractivity contribution in [1.82, 2.24) is 0 Å². The lowest BCUT2D eigenvalue weighted by Gasteiger charge is -2.28. The van der Waals surface area contributed by atoms with Crippen LogP contribution in [0.15, 0.2) is 194 Å². The molecule has 9 nitrogen and oxygen atoms in total. The molecular weight excluding hydrogens is 1110 g/mol. The molecule has 0 fully saturated rings. The minimum atomic E-state index is -4.66. The maximum atomic E-state index is 12.9. The molecule has 0 bridgehead atoms. The minimum Gasteiger partial charge on any atom is -0.756 e. The molecule has 0 rings (SSSR count). The number of esters is 2. The largest absolute Gasteiger partial charge is 0.756 e. The van der Waals surface area contributed by atoms with Crippen molar-refractivity contribution in [2.45, 2.75) is 238 Å². The zero-order chi connectivity index (χ0) is 64.1. The van der Waals surface area contributed by atoms with Crippen LogP contribution in [0.2, 0.25) is 0 Å². The molecule has 0 heterocycles. The Morgan fingerprint density at radius 2 is 0.614 bits per heavy atom. The van der Waals surface area contributed by atoms with Crippen LogP contribution in [0.1, 0.15) is 232 Å². The van der Waals surface area contributed by atoms with Gasteiger partial charge in [0.05, 0.1) is 27.7 Å². The van der Waals surface area contributed by atoms with E-state index in [1.54, 1.807) is 0 Å². The number of quaternary nitrogens is 1. The van der Waals surface area contributed by atoms with E-state index in [0.29, 0.717) is 23.9 Å². The van der Waals surface area contributed by atoms with Crippen molar-refractivity contribution >= 4 is 19.8 Å². The fourth-order valence-electron chi connectivity index (χ4n) is 8.45. The molecule has 0 aliphatic heterocycles. The van der Waals surface area contributed by atoms with Gasteiger partial charge in [-0.25, -0.2) is 0 Å². The number of nitrogens with zero attached hydrogens (tertiary/aromatic N) is 1. The molecule has 494 valence electrons. The molecule has 0 aliphatic rings. The van der Waals surface area contributed by atoms with Crippen molar-refractivity contribution in [2.24, 2.45) is 0 Å². The van der Waals surface area contributed by atoms with E-state index in [2.05, 4.69) is 208 Å². The number of carbonyl (C=O) groups excluding carboxylic acids is 2. The number of likely N-dealkylation sites (N-methyl/N-ethyl adjacent to an activating group) is 1. The summed E-state index contributed by atoms with van der Waals surface area (Å²) >= 11 is 0. The number of unbranched alkanes of at least 4 members (excludes halogenated alkanes) is 14. The van der Waals surface area contributed by atoms with E-state index in [1.807, 2.05) is 21.1 Å². The van der Waals surface area contributed by atoms with Crippen molar-refractivity contribution in [3.05, 3.63) is 194 Å². The Morgan fingerprint density at radius 1 is 0.352 bits per heavy atom. The lowest BCUT2D eigenvalue weighted by Crippen LogP contribution is -2.37. The first-order valence-electron chi connectivity index (χ1n) is 34.1. The van der Waals surface area contributed by atoms with Crippen molar-refractivity contribution in [2.75, 3.05) is 47.5 Å². The van der Waals surface area contributed by atoms with Crippen LogP contribution in [0.4, 0.5) is 0 Å². The maximum absolute atomic E-state index is 12.9. The molecule has 0 spiro atoms. The number of rotatable bonds is 60. The quantitative estimate of drug-likeness (QED) is 0.0195. The minimum absolute atomic E-state index is 0.0468. The number of phosphoric acid groups is 1. The highest BCUT2D eigenvalue weighted by atomic mass is 31.2. The number of hydrogen-bond acceptors (Lipinski definition) is 8. The molecule has 88 heavy (non-hydrogen) atoms. The smallest absolute Gasteiger partial charge is 0.306 e. The predicted molar refractivity (Wildman–Crippen MR) is 378 cm³/mol. The van der Waals surface area contributed by atoms with E-state index in [9.17, 15) is 19.0 Å². The summed E-state index contributed by atoms with van der Waals surface area (Å²) in [6.45, 7) is 3.95. The van der Waals surface area contributed by atoms with Crippen LogP contribution in [0, 0.1) is 0 Å². The van der Waals surface area contributed by atoms with Crippen LogP contribution in [0.3, 0.4) is 0 Å². The molecule has 0 aromatic carbocycles. The van der Waals surface area contributed by atoms with Gasteiger partial charge in [-0.3, -0.25) is 14.2 Å². The second-order valence-electron chi connectivity index (χ2n) is 23.1. The van der Waals surface area contributed by atoms with Crippen LogP contribution in [-0.2, 0) is 32.7 Å². The summed E-state index contributed by atoms with van der Waals surface area (Å²) in [6.07, 6.45) is 104. The summed E-state index contributed by atoms with van der Waals surface area (Å²) in [5, 5.41) is 0. The van der Waals surface area contributed by atoms with Crippen LogP contribution in [-0.4, -0.2) is 70.0 Å². The van der Waals surface area contributed by atoms with Crippen LogP contribution >= 0.6 is 7.82 Å². The zero-order valence-corrected chi connectivity index (χ0v) is 57.0. The maximum Gasteiger partial charge on any atom is 0.306 e. The first kappa shape index (κ1) is 82.8. The number of allylic oxidation sites excluding steroid dienone is 32. The Kier molecular flexibility index (Phi) is 62.4. The highest BCUT2D eigenvalue weighted by molar-refractivity contribution is 7.45. The predicted octanol–water partition coefficient (Wildman–Crippen LogP) is 21.9. The van der Waals surface area contributed by atoms with E-state index in [4.69, 9.17) is 18.5 Å². The highest BCUT2D eigenvalue weighted by Gasteiger charge is 2.22. The second-order valence-corrected chi connectivity index (χ2v) is 24.5. The first-order chi connectivity index (χ1) is 43.0. The third kappa shape index (κ3) is 69.9. The molecule has 0 amide bonds. The number of hydrogen-bond donors (Lipinski definition) is 0. The van der Waals surface area contributed by atoms with Gasteiger partial charge in [0.25, 0.3) is 7.82 Å². The second kappa shape index (κ2) is 66.3. The monoisotopic (exact) mass is 1230 g/mol. The lowest BCUT2D eigenvalue weighted by molar-refractivity contribution is -0.870. The summed E-state index contributed by atoms with van der Waals surface area (Å²) in [5.74, 6) is -0.881. The van der Waals surface area contributed by atoms with Gasteiger partial charge in [-0.05, 0) is 141 Å². The first-order valence-corrected chi connectivity index (χ1v) is 35.6. The standard InChI is InChI=1S/C78H124NO8P/c1-6-8-10-12-14-16-18-20-22-24-26-28-30-31-32-33-34-35-36-37-38-39-40-41-42-43-44-45-46-47-49-51-53-55-57-59-61-63-65-67-69-71-78(81)87-76(75-86-88(82,83)85-73-72-79(3,4)5)74-84-77(80)70-68-66-64-62-60-58-56-54-52-50-48-29-27-25-23-21-19-17-15-13-11-9-7-2/h8-11,14-17,20-23,26-29,31-32,34-35,37-38,40-41,43-44,46-47,50,52,56,58,76H,6-7,12-13,18-19,24-25,30,33,36,39,42,45,48-49,51,53-55,57,59-75H2,1-5H3/b10-8-,11-9-,16-14-,17-15-,22-20-,23-21-,28-26-,29-27-,32-31-,35-34-,38-37-,41-40-,44-43-,47-46-,52-50-,58-56-. The van der Waals surface area contributed by atoms with Gasteiger partial charge in [-0.2, -0.15) is 0 Å². The lowest BCUT2D eigenvalue weighted by atomic mass is 10.0. The van der Waals surface area contributed by atoms with Gasteiger partial charge in [0.2, 0.25) is 0 Å². The Morgan fingerprint density at radius 3 is 0.909 bits per heavy atom. The molecule has 0 saturated heterocycles. The van der Waals surface area contributed by atoms with Crippen molar-refractivity contribution < 1.29 is 42.1 Å². The Bertz CT molecular complexity index is 2190. The van der Waals surface area contributed by atoms with Gasteiger partial charge in [0.15, 0.2) is 6.10 Å². The zero-order valence-electron chi connectivity index (χ0n) is 56.1. The third-order valence-corrected chi connectivity index (χ3v) is 14.6. The molecule has 0 radical (unpaired) electrons. The average molecular weight is 1230 g/mol. The molecule has 0 aliphatic carbocycles. The van der Waals surface area contributed by atoms with Crippen molar-refractivity contribution in [1.29, 1.82) is 0 Å². The molecule has 0 saturated carbocycles. The van der Waals surface area contributed by atoms with Crippen molar-refractivity contribution in [3.63, 3.8) is 0 Å². The number of carbonyl (C=O) groups is 2. The molecule has 0 aromatic heterocycles. The molecule has 0 aromatic rings. The average Bonchev–Trinajstić information content (AvgIpc) is 3.58. The Labute approximate surface area is 539 Å². The van der Waals surface area contributed by atoms with E-state index in [1.165, 1.54) is 38.5 Å². The topological polar surface area (TPSA) is 111 Å². The van der Waals surface area contributed by atoms with Gasteiger partial charge in [-0.1, -0.05) is 272 Å². The summed E-state index contributed by atoms with van der Waals surface area (Å²) in [5.41, 5.74) is 0. The Balaban J connectivity index is 4.16. The van der Waals surface area contributed by atoms with E-state index in [-0.39, 0.29) is 26.1 Å². The normalized spacial score (nSPS) is 14.4. The molecular formula is C78H124NO8P. The van der Waals surface area contributed by atoms with Gasteiger partial charge >= 0.3 is 11.9 Å². The number of ether oxygens (including phenoxy) is 2. The summed E-state index contributed by atoms with van der Waals surface area (Å²) in [7, 11) is 1.12. The van der Waals surface area contributed by atoms with Gasteiger partial charge in [-0.15, -0.1) is 0 Å². The van der Waals surface area contributed by atoms with Crippen LogP contribution in [0.25, 0.3) is 0 Å². The van der Waals surface area contributed by atoms with Gasteiger partial charge in [0, 0.05) is 12.8 Å². The molecule has 2 atom stereocenters. The highest BCUT2D eigenvalue weighted by Crippen LogP contribution is 2.38. The summed E-state index contributed by atoms with van der Waals surface area (Å²) < 4.78 is 34.2. The van der Waals surface area contributed by atoms with Gasteiger partial charge in [0.1, 0.15) is 19.8 Å². The van der Waals surface area contributed by atoms with Crippen LogP contribution < -0.4 is 4.89 Å². The summed E-state index contributed by atoms with van der Waals surface area (Å²) in [6, 6.07) is 0. The third-order valence-electron chi connectivity index (χ3n) is 13.6. The fraction of sp³-hybridized carbons (Fsp3) is 0.564. The van der Waals surface area contributed by atoms with E-state index < -0.39 is 32.5 Å². The summed E-state index contributed by atoms with van der Waals surface area (Å²) in [4.78, 5) is 38.0. The molecule has 2 unspecified atom stereocenters. The Hall–Kier alpha value is -5.15. The van der Waals surface area contributed by atoms with E-state index in [0.717, 1.165) is 154 Å². The SMILES string of the molecule is CC/C=C\C/C=C\C/C=C\C/C=C\C/C=C\C/C=C\C/C=C\C/C=C\C/C=C\C/C=C\CCCCCCCCCCCCC(=O)OC(COC(=O)CCCCCC/C=C\C/C=C\C/C=C\C/C=C\C/C=C\C/C=C\CC)COP(=O)([O-])OCC[N+](C)(C)C. The van der Waals surface area contributed by atoms with Crippen molar-refractivity contribution in [3.8, 4) is 0 Å². The molecule has 10 heteroatoms. The number of phosphoric ester groups is 1.